The molecule has 9 heavy (non-hydrogen) atoms. The highest BCUT2D eigenvalue weighted by Gasteiger charge is 2.08. The van der Waals surface area contributed by atoms with Gasteiger partial charge < -0.3 is 10.8 Å². The van der Waals surface area contributed by atoms with Crippen LogP contribution < -0.4 is 0 Å². The number of ketones is 1. The van der Waals surface area contributed by atoms with Crippen LogP contribution in [0.5, 0.6) is 0 Å². The van der Waals surface area contributed by atoms with Crippen LogP contribution in [0.2, 0.25) is 0 Å². The lowest BCUT2D eigenvalue weighted by atomic mass is 10.1. The largest absolute Gasteiger partial charge is 0.312 e. The van der Waals surface area contributed by atoms with Gasteiger partial charge in [-0.3, -0.25) is 4.79 Å². The molecule has 1 unspecified atom stereocenters. The van der Waals surface area contributed by atoms with Crippen molar-refractivity contribution in [1.82, 2.24) is 0 Å². The lowest BCUT2D eigenvalue weighted by molar-refractivity contribution is -0.111. The average Bonchev–Trinajstić information content (AvgIpc) is 1.84. The molecule has 0 bridgehead atoms. The summed E-state index contributed by atoms with van der Waals surface area (Å²) in [5, 5.41) is 13.8. The highest BCUT2D eigenvalue weighted by atomic mass is 16.1. The highest BCUT2D eigenvalue weighted by molar-refractivity contribution is 6.40. The van der Waals surface area contributed by atoms with Crippen LogP contribution in [0, 0.1) is 16.7 Å². The first kappa shape index (κ1) is 8.01. The SMILES string of the molecule is CC(=O)C(=N)C(C)C=N. The standard InChI is InChI=1S/C6H10N2O/c1-4(3-7)6(8)5(2)9/h3-4,7-8H,1-2H3. The molecule has 0 spiro atoms. The van der Waals surface area contributed by atoms with Gasteiger partial charge in [0.15, 0.2) is 5.78 Å². The smallest absolute Gasteiger partial charge is 0.173 e. The summed E-state index contributed by atoms with van der Waals surface area (Å²) >= 11 is 0. The van der Waals surface area contributed by atoms with Crippen LogP contribution in [-0.4, -0.2) is 17.7 Å². The zero-order valence-electron chi connectivity index (χ0n) is 5.56. The van der Waals surface area contributed by atoms with Gasteiger partial charge in [-0.05, 0) is 0 Å². The number of rotatable bonds is 3. The molecule has 0 heterocycles. The van der Waals surface area contributed by atoms with Crippen LogP contribution in [-0.2, 0) is 4.79 Å². The van der Waals surface area contributed by atoms with Crippen LogP contribution in [0.15, 0.2) is 0 Å². The van der Waals surface area contributed by atoms with Gasteiger partial charge in [0.1, 0.15) is 0 Å². The Morgan fingerprint density at radius 2 is 2.11 bits per heavy atom. The first-order valence-corrected chi connectivity index (χ1v) is 2.69. The minimum absolute atomic E-state index is 0.00463. The number of carbonyl (C=O) groups is 1. The summed E-state index contributed by atoms with van der Waals surface area (Å²) in [5.41, 5.74) is 0.00463. The Balaban J connectivity index is 4.03. The maximum absolute atomic E-state index is 10.4. The number of carbonyl (C=O) groups excluding carboxylic acids is 1. The lowest BCUT2D eigenvalue weighted by Crippen LogP contribution is -2.18. The van der Waals surface area contributed by atoms with Gasteiger partial charge in [-0.25, -0.2) is 0 Å². The van der Waals surface area contributed by atoms with E-state index in [0.29, 0.717) is 0 Å². The van der Waals surface area contributed by atoms with Crippen LogP contribution in [0.4, 0.5) is 0 Å². The Kier molecular flexibility index (Phi) is 2.78. The van der Waals surface area contributed by atoms with E-state index in [0.717, 1.165) is 6.21 Å². The summed E-state index contributed by atoms with van der Waals surface area (Å²) in [4.78, 5) is 10.4. The van der Waals surface area contributed by atoms with Gasteiger partial charge in [-0.1, -0.05) is 6.92 Å². The molecule has 0 amide bonds. The molecule has 0 aromatic rings. The normalized spacial score (nSPS) is 12.2. The van der Waals surface area contributed by atoms with Crippen molar-refractivity contribution < 1.29 is 4.79 Å². The number of hydrogen-bond acceptors (Lipinski definition) is 3. The van der Waals surface area contributed by atoms with Crippen molar-refractivity contribution in [2.45, 2.75) is 13.8 Å². The van der Waals surface area contributed by atoms with E-state index in [4.69, 9.17) is 10.8 Å². The van der Waals surface area contributed by atoms with Gasteiger partial charge in [0.05, 0.1) is 5.71 Å². The molecule has 0 saturated carbocycles. The molecular weight excluding hydrogens is 116 g/mol. The van der Waals surface area contributed by atoms with Gasteiger partial charge in [-0.2, -0.15) is 0 Å². The Bertz CT molecular complexity index is 151. The van der Waals surface area contributed by atoms with Gasteiger partial charge in [0.25, 0.3) is 0 Å². The molecule has 0 fully saturated rings. The number of Topliss-reactive ketones (excluding diaryl/α,β-unsaturated/α-hetero) is 1. The average molecular weight is 126 g/mol. The van der Waals surface area contributed by atoms with Crippen LogP contribution in [0.3, 0.4) is 0 Å². The van der Waals surface area contributed by atoms with Crippen molar-refractivity contribution in [3.05, 3.63) is 0 Å². The second-order valence-electron chi connectivity index (χ2n) is 1.93. The molecule has 0 aromatic carbocycles. The van der Waals surface area contributed by atoms with E-state index in [1.165, 1.54) is 6.92 Å². The lowest BCUT2D eigenvalue weighted by Gasteiger charge is -2.00. The van der Waals surface area contributed by atoms with E-state index in [1.807, 2.05) is 0 Å². The molecule has 50 valence electrons. The zero-order valence-corrected chi connectivity index (χ0v) is 5.56. The van der Waals surface area contributed by atoms with E-state index in [2.05, 4.69) is 0 Å². The quantitative estimate of drug-likeness (QED) is 0.541. The first-order chi connectivity index (χ1) is 4.09. The van der Waals surface area contributed by atoms with E-state index < -0.39 is 0 Å². The molecule has 0 aromatic heterocycles. The summed E-state index contributed by atoms with van der Waals surface area (Å²) in [7, 11) is 0. The Morgan fingerprint density at radius 3 is 2.22 bits per heavy atom. The maximum Gasteiger partial charge on any atom is 0.173 e. The fraction of sp³-hybridized carbons (Fsp3) is 0.500. The Labute approximate surface area is 54.1 Å². The zero-order chi connectivity index (χ0) is 7.44. The van der Waals surface area contributed by atoms with Gasteiger partial charge in [0, 0.05) is 19.1 Å². The summed E-state index contributed by atoms with van der Waals surface area (Å²) in [6.07, 6.45) is 1.09. The number of nitrogens with one attached hydrogen (secondary N) is 2. The molecule has 0 aliphatic rings. The topological polar surface area (TPSA) is 64.8 Å². The third-order valence-electron chi connectivity index (χ3n) is 1.08. The third kappa shape index (κ3) is 2.17. The van der Waals surface area contributed by atoms with E-state index in [-0.39, 0.29) is 17.4 Å². The predicted molar refractivity (Wildman–Crippen MR) is 36.4 cm³/mol. The highest BCUT2D eigenvalue weighted by Crippen LogP contribution is 1.92. The molecule has 0 saturated heterocycles. The van der Waals surface area contributed by atoms with Gasteiger partial charge in [0.2, 0.25) is 0 Å². The van der Waals surface area contributed by atoms with Crippen LogP contribution >= 0.6 is 0 Å². The first-order valence-electron chi connectivity index (χ1n) is 2.69. The Hall–Kier alpha value is -0.990. The van der Waals surface area contributed by atoms with E-state index >= 15 is 0 Å². The minimum Gasteiger partial charge on any atom is -0.312 e. The molecule has 0 rings (SSSR count). The van der Waals surface area contributed by atoms with Crippen molar-refractivity contribution in [2.75, 3.05) is 0 Å². The molecule has 1 atom stereocenters. The van der Waals surface area contributed by atoms with E-state index in [9.17, 15) is 4.79 Å². The van der Waals surface area contributed by atoms with Crippen molar-refractivity contribution in [1.29, 1.82) is 10.8 Å². The monoisotopic (exact) mass is 126 g/mol. The fourth-order valence-electron chi connectivity index (χ4n) is 0.404. The third-order valence-corrected chi connectivity index (χ3v) is 1.08. The van der Waals surface area contributed by atoms with Gasteiger partial charge >= 0.3 is 0 Å². The summed E-state index contributed by atoms with van der Waals surface area (Å²) in [6, 6.07) is 0. The predicted octanol–water partition coefficient (Wildman–Crippen LogP) is 0.881. The van der Waals surface area contributed by atoms with Gasteiger partial charge in [-0.15, -0.1) is 0 Å². The fourth-order valence-corrected chi connectivity index (χ4v) is 0.404. The van der Waals surface area contributed by atoms with Crippen molar-refractivity contribution >= 4 is 17.7 Å². The van der Waals surface area contributed by atoms with E-state index in [1.54, 1.807) is 6.92 Å². The molecule has 3 nitrogen and oxygen atoms in total. The molecule has 0 radical (unpaired) electrons. The molecule has 0 aliphatic heterocycles. The molecular formula is C6H10N2O. The van der Waals surface area contributed by atoms with Crippen molar-refractivity contribution in [3.8, 4) is 0 Å². The molecule has 2 N–H and O–H groups in total. The minimum atomic E-state index is -0.331. The summed E-state index contributed by atoms with van der Waals surface area (Å²) in [6.45, 7) is 2.99. The maximum atomic E-state index is 10.4. The summed E-state index contributed by atoms with van der Waals surface area (Å²) < 4.78 is 0. The van der Waals surface area contributed by atoms with Crippen LogP contribution in [0.25, 0.3) is 0 Å². The van der Waals surface area contributed by atoms with Crippen molar-refractivity contribution in [3.63, 3.8) is 0 Å². The van der Waals surface area contributed by atoms with Crippen LogP contribution in [0.1, 0.15) is 13.8 Å². The Morgan fingerprint density at radius 1 is 1.67 bits per heavy atom. The molecule has 3 heteroatoms. The second kappa shape index (κ2) is 3.12. The number of hydrogen-bond donors (Lipinski definition) is 2. The van der Waals surface area contributed by atoms with Crippen molar-refractivity contribution in [2.24, 2.45) is 5.92 Å². The second-order valence-corrected chi connectivity index (χ2v) is 1.93. The summed E-state index contributed by atoms with van der Waals surface area (Å²) in [5.74, 6) is -0.589. The molecule has 0 aliphatic carbocycles.